The van der Waals surface area contributed by atoms with Gasteiger partial charge < -0.3 is 24.8 Å². The molecule has 2 aromatic carbocycles. The third-order valence-corrected chi connectivity index (χ3v) is 18.8. The molecule has 0 aromatic heterocycles. The molecule has 0 unspecified atom stereocenters. The van der Waals surface area contributed by atoms with E-state index in [0.29, 0.717) is 3.72 Å². The van der Waals surface area contributed by atoms with Gasteiger partial charge in [-0.3, -0.25) is 0 Å². The molecular formula is C24H33Cl2PSiTi-2. The Kier molecular flexibility index (Phi) is 9.69. The second-order valence-electron chi connectivity index (χ2n) is 8.91. The SMILES string of the molecule is CC1=C(C)[C](CP(c2ccccc2)c2ccccc2)([Ti]([CH3])([CH3])[SiH3])C(C)=C1C.[Cl-].[Cl-]. The minimum atomic E-state index is -1.96. The maximum Gasteiger partial charge on any atom is -1.00 e. The van der Waals surface area contributed by atoms with E-state index in [1.807, 2.05) is 0 Å². The predicted octanol–water partition coefficient (Wildman–Crippen LogP) is -0.497. The van der Waals surface area contributed by atoms with Crippen LogP contribution in [0.15, 0.2) is 83.0 Å². The Balaban J connectivity index is 0.00000210. The fourth-order valence-corrected chi connectivity index (χ4v) is 20.1. The Morgan fingerprint density at radius 1 is 0.724 bits per heavy atom. The van der Waals surface area contributed by atoms with E-state index in [4.69, 9.17) is 0 Å². The number of hydrogen-bond donors (Lipinski definition) is 0. The largest absolute Gasteiger partial charge is 1.00 e. The summed E-state index contributed by atoms with van der Waals surface area (Å²) in [5.41, 5.74) is 6.52. The zero-order valence-electron chi connectivity index (χ0n) is 18.7. The summed E-state index contributed by atoms with van der Waals surface area (Å²) in [4.78, 5) is 0. The van der Waals surface area contributed by atoms with Gasteiger partial charge in [-0.15, -0.1) is 0 Å². The average Bonchev–Trinajstić information content (AvgIpc) is 2.82. The van der Waals surface area contributed by atoms with Gasteiger partial charge in [0.05, 0.1) is 0 Å². The quantitative estimate of drug-likeness (QED) is 0.385. The predicted molar refractivity (Wildman–Crippen MR) is 125 cm³/mol. The molecule has 158 valence electrons. The number of hydrogen-bond acceptors (Lipinski definition) is 0. The monoisotopic (exact) mass is 498 g/mol. The Bertz CT molecular complexity index is 823. The van der Waals surface area contributed by atoms with Gasteiger partial charge in [0.2, 0.25) is 0 Å². The number of benzene rings is 2. The summed E-state index contributed by atoms with van der Waals surface area (Å²) in [6, 6.07) is 22.6. The minimum absolute atomic E-state index is 0. The maximum atomic E-state index is 2.68. The molecule has 0 saturated heterocycles. The number of rotatable bonds is 5. The first-order valence-corrected chi connectivity index (χ1v) is 21.1. The van der Waals surface area contributed by atoms with Crippen molar-refractivity contribution < 1.29 is 40.7 Å². The van der Waals surface area contributed by atoms with Crippen LogP contribution in [-0.2, 0) is 15.8 Å². The molecular weight excluding hydrogens is 466 g/mol. The van der Waals surface area contributed by atoms with Crippen LogP contribution in [-0.4, -0.2) is 14.3 Å². The molecule has 0 N–H and O–H groups in total. The third kappa shape index (κ3) is 4.87. The standard InChI is InChI=1S/C22H24P.2CH3.2ClH.H3Si.Ti/c1-16-17(2)19(4)22(18(16)3)15-23(20-11-7-5-8-12-20)21-13-9-6-10-14-21;;;;;;/h5-14H,15H2,1-4H3;2*1H3;2*1H;1H3;/p-2. The Morgan fingerprint density at radius 2 is 1.07 bits per heavy atom. The van der Waals surface area contributed by atoms with E-state index in [2.05, 4.69) is 98.8 Å². The zero-order valence-corrected chi connectivity index (χ0v) is 24.7. The smallest absolute Gasteiger partial charge is 1.00 e. The molecule has 1 aliphatic carbocycles. The molecule has 0 atom stereocenters. The maximum absolute atomic E-state index is 2.68. The van der Waals surface area contributed by atoms with Crippen molar-refractivity contribution in [1.82, 2.24) is 0 Å². The fourth-order valence-electron chi connectivity index (χ4n) is 4.87. The van der Waals surface area contributed by atoms with Crippen molar-refractivity contribution in [1.29, 1.82) is 0 Å². The van der Waals surface area contributed by atoms with E-state index in [1.54, 1.807) is 22.3 Å². The van der Waals surface area contributed by atoms with Crippen molar-refractivity contribution in [2.75, 3.05) is 6.16 Å². The molecule has 5 heteroatoms. The van der Waals surface area contributed by atoms with Crippen LogP contribution >= 0.6 is 7.92 Å². The van der Waals surface area contributed by atoms with Crippen molar-refractivity contribution in [2.24, 2.45) is 0 Å². The van der Waals surface area contributed by atoms with Gasteiger partial charge in [0, 0.05) is 0 Å². The van der Waals surface area contributed by atoms with E-state index in [1.165, 1.54) is 24.9 Å². The van der Waals surface area contributed by atoms with Crippen molar-refractivity contribution in [3.63, 3.8) is 0 Å². The molecule has 0 bridgehead atoms. The molecule has 0 amide bonds. The van der Waals surface area contributed by atoms with Crippen LogP contribution < -0.4 is 35.4 Å². The van der Waals surface area contributed by atoms with Crippen molar-refractivity contribution in [3.05, 3.63) is 83.0 Å². The van der Waals surface area contributed by atoms with Gasteiger partial charge in [-0.1, -0.05) is 0 Å². The van der Waals surface area contributed by atoms with Crippen molar-refractivity contribution >= 4 is 26.6 Å². The molecule has 2 aromatic rings. The second-order valence-corrected chi connectivity index (χ2v) is 29.8. The Labute approximate surface area is 197 Å². The van der Waals surface area contributed by atoms with Crippen LogP contribution in [0.1, 0.15) is 27.7 Å². The molecule has 0 fully saturated rings. The topological polar surface area (TPSA) is 0 Å². The van der Waals surface area contributed by atoms with E-state index in [-0.39, 0.29) is 32.7 Å². The van der Waals surface area contributed by atoms with Crippen LogP contribution in [0, 0.1) is 0 Å². The Hall–Kier alpha value is -0.139. The summed E-state index contributed by atoms with van der Waals surface area (Å²) in [6.45, 7) is 9.62. The molecule has 0 heterocycles. The van der Waals surface area contributed by atoms with Crippen molar-refractivity contribution in [3.8, 4) is 0 Å². The summed E-state index contributed by atoms with van der Waals surface area (Å²) < 4.78 is 0.359. The number of allylic oxidation sites excluding steroid dienone is 4. The van der Waals surface area contributed by atoms with E-state index in [0.717, 1.165) is 0 Å². The van der Waals surface area contributed by atoms with Crippen LogP contribution in [0.25, 0.3) is 0 Å². The summed E-state index contributed by atoms with van der Waals surface area (Å²) >= 11 is -1.96. The van der Waals surface area contributed by atoms with Crippen LogP contribution in [0.4, 0.5) is 0 Å². The molecule has 0 radical (unpaired) electrons. The first-order valence-electron chi connectivity index (χ1n) is 9.94. The van der Waals surface area contributed by atoms with Crippen molar-refractivity contribution in [2.45, 2.75) is 41.9 Å². The van der Waals surface area contributed by atoms with Crippen LogP contribution in [0.3, 0.4) is 0 Å². The first-order chi connectivity index (χ1) is 12.7. The van der Waals surface area contributed by atoms with E-state index >= 15 is 0 Å². The first kappa shape index (κ1) is 26.9. The fraction of sp³-hybridized carbons (Fsp3) is 0.333. The summed E-state index contributed by atoms with van der Waals surface area (Å²) in [6.07, 6.45) is 1.29. The van der Waals surface area contributed by atoms with Gasteiger partial charge in [-0.05, 0) is 0 Å². The molecule has 0 spiro atoms. The van der Waals surface area contributed by atoms with Crippen LogP contribution in [0.5, 0.6) is 0 Å². The van der Waals surface area contributed by atoms with Gasteiger partial charge in [-0.2, -0.15) is 0 Å². The van der Waals surface area contributed by atoms with Crippen LogP contribution in [0.2, 0.25) is 14.2 Å². The molecule has 3 rings (SSSR count). The second kappa shape index (κ2) is 10.4. The van der Waals surface area contributed by atoms with Gasteiger partial charge in [0.25, 0.3) is 0 Å². The normalized spacial score (nSPS) is 16.1. The van der Waals surface area contributed by atoms with Gasteiger partial charge in [-0.25, -0.2) is 0 Å². The summed E-state index contributed by atoms with van der Waals surface area (Å²) in [5, 5.41) is 8.40. The molecule has 29 heavy (non-hydrogen) atoms. The summed E-state index contributed by atoms with van der Waals surface area (Å²) in [5.74, 6) is 0. The molecule has 0 nitrogen and oxygen atoms in total. The average molecular weight is 499 g/mol. The summed E-state index contributed by atoms with van der Waals surface area (Å²) in [7, 11) is 0.998. The minimum Gasteiger partial charge on any atom is -1.00 e. The zero-order chi connectivity index (χ0) is 19.8. The van der Waals surface area contributed by atoms with Gasteiger partial charge in [0.1, 0.15) is 0 Å². The Morgan fingerprint density at radius 3 is 1.38 bits per heavy atom. The van der Waals surface area contributed by atoms with E-state index < -0.39 is 15.8 Å². The van der Waals surface area contributed by atoms with Gasteiger partial charge >= 0.3 is 173 Å². The van der Waals surface area contributed by atoms with Gasteiger partial charge in [0.15, 0.2) is 0 Å². The molecule has 1 aliphatic rings. The molecule has 0 saturated carbocycles. The molecule has 0 aliphatic heterocycles. The van der Waals surface area contributed by atoms with E-state index in [9.17, 15) is 0 Å². The number of halogens is 2. The third-order valence-electron chi connectivity index (χ3n) is 6.78.